The largest absolute Gasteiger partial charge is 0.756 e. The third-order valence-corrected chi connectivity index (χ3v) is 10.4. The van der Waals surface area contributed by atoms with Crippen LogP contribution in [-0.4, -0.2) is 68.5 Å². The number of quaternary nitrogens is 1. The van der Waals surface area contributed by atoms with E-state index in [2.05, 4.69) is 31.3 Å². The third kappa shape index (κ3) is 37.1. The summed E-state index contributed by atoms with van der Waals surface area (Å²) in [6, 6.07) is -0.896. The number of aliphatic hydroxyl groups excluding tert-OH is 1. The maximum atomic E-state index is 12.8. The van der Waals surface area contributed by atoms with Gasteiger partial charge in [-0.3, -0.25) is 9.36 Å². The zero-order valence-corrected chi connectivity index (χ0v) is 35.0. The minimum atomic E-state index is -4.59. The lowest BCUT2D eigenvalue weighted by Gasteiger charge is -2.29. The summed E-state index contributed by atoms with van der Waals surface area (Å²) in [7, 11) is 1.25. The van der Waals surface area contributed by atoms with Crippen LogP contribution >= 0.6 is 7.82 Å². The molecule has 0 saturated heterocycles. The predicted octanol–water partition coefficient (Wildman–Crippen LogP) is 10.7. The van der Waals surface area contributed by atoms with Crippen molar-refractivity contribution in [2.75, 3.05) is 40.9 Å². The first-order valence-corrected chi connectivity index (χ1v) is 22.7. The fourth-order valence-corrected chi connectivity index (χ4v) is 6.71. The Morgan fingerprint density at radius 2 is 1.10 bits per heavy atom. The monoisotopic (exact) mass is 743 g/mol. The summed E-state index contributed by atoms with van der Waals surface area (Å²) >= 11 is 0. The van der Waals surface area contributed by atoms with Gasteiger partial charge in [-0.2, -0.15) is 0 Å². The Labute approximate surface area is 315 Å². The van der Waals surface area contributed by atoms with Gasteiger partial charge in [0.1, 0.15) is 13.2 Å². The zero-order valence-electron chi connectivity index (χ0n) is 34.1. The highest BCUT2D eigenvalue weighted by molar-refractivity contribution is 7.45. The molecule has 0 heterocycles. The van der Waals surface area contributed by atoms with E-state index in [1.54, 1.807) is 6.08 Å². The number of hydrogen-bond donors (Lipinski definition) is 2. The number of hydrogen-bond acceptors (Lipinski definition) is 6. The molecule has 2 N–H and O–H groups in total. The van der Waals surface area contributed by atoms with Gasteiger partial charge in [-0.15, -0.1) is 0 Å². The van der Waals surface area contributed by atoms with Crippen LogP contribution < -0.4 is 10.2 Å². The van der Waals surface area contributed by atoms with E-state index in [4.69, 9.17) is 9.05 Å². The predicted molar refractivity (Wildman–Crippen MR) is 215 cm³/mol. The molecule has 0 saturated carbocycles. The van der Waals surface area contributed by atoms with Crippen molar-refractivity contribution in [3.8, 4) is 0 Å². The molecule has 3 atom stereocenters. The van der Waals surface area contributed by atoms with Crippen molar-refractivity contribution in [3.05, 3.63) is 24.3 Å². The fraction of sp³-hybridized carbons (Fsp3) is 0.881. The van der Waals surface area contributed by atoms with Crippen LogP contribution in [0.2, 0.25) is 0 Å². The van der Waals surface area contributed by atoms with Crippen molar-refractivity contribution < 1.29 is 32.9 Å². The Kier molecular flexibility index (Phi) is 34.0. The lowest BCUT2D eigenvalue weighted by Crippen LogP contribution is -2.45. The number of carbonyl (C=O) groups excluding carboxylic acids is 1. The van der Waals surface area contributed by atoms with Crippen LogP contribution in [0.3, 0.4) is 0 Å². The molecule has 0 rings (SSSR count). The number of allylic oxidation sites excluding steroid dienone is 3. The number of unbranched alkanes of at least 4 members (excludes halogenated alkanes) is 23. The van der Waals surface area contributed by atoms with E-state index in [-0.39, 0.29) is 19.1 Å². The number of nitrogens with zero attached hydrogens (tertiary/aromatic N) is 1. The van der Waals surface area contributed by atoms with E-state index in [9.17, 15) is 19.4 Å². The molecular formula is C42H83N2O6P. The van der Waals surface area contributed by atoms with Gasteiger partial charge in [0.25, 0.3) is 7.82 Å². The lowest BCUT2D eigenvalue weighted by atomic mass is 10.0. The Hall–Kier alpha value is -1.02. The molecule has 0 aromatic carbocycles. The summed E-state index contributed by atoms with van der Waals surface area (Å²) in [6.07, 6.45) is 39.3. The molecule has 0 fully saturated rings. The molecule has 0 aromatic rings. The van der Waals surface area contributed by atoms with Gasteiger partial charge < -0.3 is 28.8 Å². The molecular weight excluding hydrogens is 659 g/mol. The van der Waals surface area contributed by atoms with E-state index in [1.807, 2.05) is 27.2 Å². The minimum Gasteiger partial charge on any atom is -0.756 e. The van der Waals surface area contributed by atoms with E-state index in [1.165, 1.54) is 128 Å². The van der Waals surface area contributed by atoms with Crippen LogP contribution in [0.15, 0.2) is 24.3 Å². The van der Waals surface area contributed by atoms with E-state index in [0.717, 1.165) is 38.5 Å². The number of nitrogens with one attached hydrogen (secondary N) is 1. The first-order valence-electron chi connectivity index (χ1n) is 21.2. The van der Waals surface area contributed by atoms with Gasteiger partial charge in [-0.05, 0) is 32.1 Å². The number of phosphoric acid groups is 1. The summed E-state index contributed by atoms with van der Waals surface area (Å²) in [4.78, 5) is 25.2. The maximum Gasteiger partial charge on any atom is 0.268 e. The van der Waals surface area contributed by atoms with E-state index < -0.39 is 20.0 Å². The van der Waals surface area contributed by atoms with Crippen LogP contribution in [0.1, 0.15) is 187 Å². The van der Waals surface area contributed by atoms with Gasteiger partial charge in [-0.25, -0.2) is 0 Å². The van der Waals surface area contributed by atoms with Crippen LogP contribution in [0, 0.1) is 0 Å². The maximum absolute atomic E-state index is 12.8. The number of phosphoric ester groups is 1. The second-order valence-electron chi connectivity index (χ2n) is 15.7. The van der Waals surface area contributed by atoms with Crippen molar-refractivity contribution in [1.29, 1.82) is 0 Å². The number of rotatable bonds is 38. The Bertz CT molecular complexity index is 891. The highest BCUT2D eigenvalue weighted by atomic mass is 31.2. The highest BCUT2D eigenvalue weighted by Gasteiger charge is 2.23. The summed E-state index contributed by atoms with van der Waals surface area (Å²) in [6.45, 7) is 4.62. The molecule has 0 aliphatic rings. The topological polar surface area (TPSA) is 108 Å². The van der Waals surface area contributed by atoms with Crippen molar-refractivity contribution >= 4 is 13.7 Å². The molecule has 0 radical (unpaired) electrons. The number of carbonyl (C=O) groups is 1. The van der Waals surface area contributed by atoms with Crippen molar-refractivity contribution in [3.63, 3.8) is 0 Å². The molecule has 1 amide bonds. The molecule has 0 spiro atoms. The van der Waals surface area contributed by atoms with Gasteiger partial charge in [0.2, 0.25) is 5.91 Å². The lowest BCUT2D eigenvalue weighted by molar-refractivity contribution is -0.870. The van der Waals surface area contributed by atoms with E-state index in [0.29, 0.717) is 17.4 Å². The standard InChI is InChI=1S/C42H83N2O6P/c1-6-8-10-12-14-16-18-20-22-23-25-27-29-31-33-35-41(45)40(39-50-51(47,48)49-38-37-44(3,4)5)43-42(46)36-34-32-30-28-26-24-21-19-17-15-13-11-9-7-2/h25,27,33,35,40-41,45H,6-24,26,28-32,34,36-39H2,1-5H3,(H-,43,46,47,48)/b27-25+,35-33+/t40-,41+/m0/s1. The summed E-state index contributed by atoms with van der Waals surface area (Å²) in [5.41, 5.74) is 0. The molecule has 0 aliphatic heterocycles. The van der Waals surface area contributed by atoms with Crippen LogP contribution in [0.5, 0.6) is 0 Å². The molecule has 302 valence electrons. The van der Waals surface area contributed by atoms with E-state index >= 15 is 0 Å². The average Bonchev–Trinajstić information content (AvgIpc) is 3.07. The van der Waals surface area contributed by atoms with Crippen molar-refractivity contribution in [2.24, 2.45) is 0 Å². The molecule has 1 unspecified atom stereocenters. The van der Waals surface area contributed by atoms with Crippen molar-refractivity contribution in [2.45, 2.75) is 199 Å². The number of aliphatic hydroxyl groups is 1. The molecule has 9 heteroatoms. The minimum absolute atomic E-state index is 0.00444. The summed E-state index contributed by atoms with van der Waals surface area (Å²) in [5, 5.41) is 13.7. The first kappa shape index (κ1) is 50.0. The fourth-order valence-electron chi connectivity index (χ4n) is 5.99. The SMILES string of the molecule is CCCCCCCCCCC/C=C/CC/C=C/[C@@H](O)[C@H](COP(=O)([O-])OCC[N+](C)(C)C)NC(=O)CCCCCCCCCCCCCCCC. The van der Waals surface area contributed by atoms with Gasteiger partial charge in [0.15, 0.2) is 0 Å². The van der Waals surface area contributed by atoms with Crippen molar-refractivity contribution in [1.82, 2.24) is 5.32 Å². The summed E-state index contributed by atoms with van der Waals surface area (Å²) < 4.78 is 23.1. The third-order valence-electron chi connectivity index (χ3n) is 9.41. The molecule has 8 nitrogen and oxygen atoms in total. The quantitative estimate of drug-likeness (QED) is 0.0282. The van der Waals surface area contributed by atoms with Crippen LogP contribution in [0.4, 0.5) is 0 Å². The Morgan fingerprint density at radius 3 is 1.59 bits per heavy atom. The Morgan fingerprint density at radius 1 is 0.667 bits per heavy atom. The second kappa shape index (κ2) is 34.7. The normalized spacial score (nSPS) is 14.7. The highest BCUT2D eigenvalue weighted by Crippen LogP contribution is 2.38. The van der Waals surface area contributed by atoms with Crippen LogP contribution in [-0.2, 0) is 18.4 Å². The molecule has 0 aromatic heterocycles. The van der Waals surface area contributed by atoms with Gasteiger partial charge in [0.05, 0.1) is 39.9 Å². The Balaban J connectivity index is 4.51. The molecule has 0 aliphatic carbocycles. The smallest absolute Gasteiger partial charge is 0.268 e. The first-order chi connectivity index (χ1) is 24.5. The second-order valence-corrected chi connectivity index (χ2v) is 17.1. The molecule has 0 bridgehead atoms. The van der Waals surface area contributed by atoms with Crippen LogP contribution in [0.25, 0.3) is 0 Å². The summed E-state index contributed by atoms with van der Waals surface area (Å²) in [5.74, 6) is -0.207. The zero-order chi connectivity index (χ0) is 37.9. The average molecular weight is 743 g/mol. The number of amides is 1. The number of likely N-dealkylation sites (N-methyl/N-ethyl adjacent to an activating group) is 1. The van der Waals surface area contributed by atoms with Gasteiger partial charge in [-0.1, -0.05) is 173 Å². The van der Waals surface area contributed by atoms with Gasteiger partial charge >= 0.3 is 0 Å². The van der Waals surface area contributed by atoms with Gasteiger partial charge in [0, 0.05) is 6.42 Å². The molecule has 51 heavy (non-hydrogen) atoms.